The zero-order valence-electron chi connectivity index (χ0n) is 19.6. The van der Waals surface area contributed by atoms with Crippen LogP contribution in [-0.4, -0.2) is 36.0 Å². The molecule has 10 heteroatoms. The molecule has 4 rings (SSSR count). The third kappa shape index (κ3) is 3.68. The monoisotopic (exact) mass is 483 g/mol. The number of nitrogens with zero attached hydrogens (tertiary/aromatic N) is 3. The van der Waals surface area contributed by atoms with E-state index in [2.05, 4.69) is 0 Å². The number of aromatic nitrogens is 2. The molecule has 0 aliphatic rings. The lowest BCUT2D eigenvalue weighted by atomic mass is 10.0. The maximum absolute atomic E-state index is 13.2. The Labute approximate surface area is 195 Å². The van der Waals surface area contributed by atoms with E-state index in [1.54, 1.807) is 13.0 Å². The standard InChI is InChI=1S/C24H25N3O6S/c1-6-26-19-10-8-17(34(31,32)25(4)5)12-20(19)27(24(30)23(26)29)13-16-11-21(28)33-22-15(3)14(2)7-9-18(16)22/h7-12H,6,13H2,1-5H3. The molecule has 0 saturated heterocycles. The van der Waals surface area contributed by atoms with E-state index >= 15 is 0 Å². The quantitative estimate of drug-likeness (QED) is 0.318. The van der Waals surface area contributed by atoms with Crippen LogP contribution in [0.1, 0.15) is 23.6 Å². The lowest BCUT2D eigenvalue weighted by molar-refractivity contribution is 0.521. The Bertz CT molecular complexity index is 1740. The van der Waals surface area contributed by atoms with Crippen molar-refractivity contribution in [1.82, 2.24) is 13.4 Å². The fraction of sp³-hybridized carbons (Fsp3) is 0.292. The number of sulfonamides is 1. The largest absolute Gasteiger partial charge is 0.422 e. The van der Waals surface area contributed by atoms with Crippen LogP contribution in [0, 0.1) is 13.8 Å². The first-order chi connectivity index (χ1) is 16.0. The van der Waals surface area contributed by atoms with Crippen molar-refractivity contribution in [3.8, 4) is 0 Å². The predicted molar refractivity (Wildman–Crippen MR) is 130 cm³/mol. The molecular formula is C24H25N3O6S. The first-order valence-electron chi connectivity index (χ1n) is 10.7. The van der Waals surface area contributed by atoms with Gasteiger partial charge in [0.05, 0.1) is 22.5 Å². The van der Waals surface area contributed by atoms with E-state index in [4.69, 9.17) is 4.42 Å². The smallest absolute Gasteiger partial charge is 0.336 e. The van der Waals surface area contributed by atoms with Crippen molar-refractivity contribution < 1.29 is 12.8 Å². The molecule has 2 heterocycles. The van der Waals surface area contributed by atoms with E-state index < -0.39 is 26.8 Å². The summed E-state index contributed by atoms with van der Waals surface area (Å²) in [5.41, 5.74) is 1.24. The molecule has 34 heavy (non-hydrogen) atoms. The number of rotatable bonds is 5. The number of benzene rings is 2. The van der Waals surface area contributed by atoms with Crippen molar-refractivity contribution >= 4 is 32.0 Å². The summed E-state index contributed by atoms with van der Waals surface area (Å²) >= 11 is 0. The van der Waals surface area contributed by atoms with Crippen molar-refractivity contribution in [2.24, 2.45) is 0 Å². The van der Waals surface area contributed by atoms with E-state index in [0.29, 0.717) is 22.0 Å². The number of hydrogen-bond donors (Lipinski definition) is 0. The van der Waals surface area contributed by atoms with Crippen molar-refractivity contribution in [2.45, 2.75) is 38.8 Å². The Balaban J connectivity index is 2.08. The lowest BCUT2D eigenvalue weighted by Gasteiger charge is -2.17. The van der Waals surface area contributed by atoms with Gasteiger partial charge in [0.1, 0.15) is 5.58 Å². The molecular weight excluding hydrogens is 458 g/mol. The second-order valence-electron chi connectivity index (χ2n) is 8.35. The van der Waals surface area contributed by atoms with Gasteiger partial charge in [-0.2, -0.15) is 0 Å². The molecule has 0 unspecified atom stereocenters. The topological polar surface area (TPSA) is 112 Å². The molecule has 0 radical (unpaired) electrons. The molecule has 2 aromatic heterocycles. The summed E-state index contributed by atoms with van der Waals surface area (Å²) in [5.74, 6) is 0. The van der Waals surface area contributed by atoms with E-state index in [9.17, 15) is 22.8 Å². The van der Waals surface area contributed by atoms with Gasteiger partial charge in [0.2, 0.25) is 10.0 Å². The van der Waals surface area contributed by atoms with E-state index in [-0.39, 0.29) is 23.5 Å². The average Bonchev–Trinajstić information content (AvgIpc) is 2.79. The third-order valence-electron chi connectivity index (χ3n) is 6.14. The molecule has 2 aromatic carbocycles. The molecule has 0 aliphatic heterocycles. The molecule has 0 fully saturated rings. The van der Waals surface area contributed by atoms with E-state index in [1.165, 1.54) is 47.5 Å². The number of aryl methyl sites for hydroxylation is 3. The summed E-state index contributed by atoms with van der Waals surface area (Å²) in [6.45, 7) is 5.60. The molecule has 0 atom stereocenters. The summed E-state index contributed by atoms with van der Waals surface area (Å²) in [6, 6.07) is 9.31. The lowest BCUT2D eigenvalue weighted by Crippen LogP contribution is -2.41. The van der Waals surface area contributed by atoms with Crippen LogP contribution < -0.4 is 16.7 Å². The number of hydrogen-bond acceptors (Lipinski definition) is 6. The van der Waals surface area contributed by atoms with Gasteiger partial charge >= 0.3 is 16.7 Å². The zero-order chi connectivity index (χ0) is 24.9. The van der Waals surface area contributed by atoms with Gasteiger partial charge in [-0.25, -0.2) is 17.5 Å². The highest BCUT2D eigenvalue weighted by molar-refractivity contribution is 7.89. The Morgan fingerprint density at radius 1 is 0.912 bits per heavy atom. The van der Waals surface area contributed by atoms with Gasteiger partial charge in [-0.3, -0.25) is 14.2 Å². The molecule has 4 aromatic rings. The molecule has 0 aliphatic carbocycles. The third-order valence-corrected chi connectivity index (χ3v) is 7.95. The number of fused-ring (bicyclic) bond motifs is 2. The Hall–Kier alpha value is -3.50. The Morgan fingerprint density at radius 3 is 2.24 bits per heavy atom. The van der Waals surface area contributed by atoms with Crippen LogP contribution >= 0.6 is 0 Å². The van der Waals surface area contributed by atoms with Crippen molar-refractivity contribution in [3.63, 3.8) is 0 Å². The van der Waals surface area contributed by atoms with Gasteiger partial charge in [0.15, 0.2) is 0 Å². The first kappa shape index (κ1) is 23.7. The molecule has 0 saturated carbocycles. The minimum Gasteiger partial charge on any atom is -0.422 e. The van der Waals surface area contributed by atoms with Gasteiger partial charge < -0.3 is 8.98 Å². The first-order valence-corrected chi connectivity index (χ1v) is 12.1. The highest BCUT2D eigenvalue weighted by atomic mass is 32.2. The van der Waals surface area contributed by atoms with Crippen LogP contribution in [0.3, 0.4) is 0 Å². The minimum atomic E-state index is -3.79. The van der Waals surface area contributed by atoms with Gasteiger partial charge in [0.25, 0.3) is 0 Å². The second-order valence-corrected chi connectivity index (χ2v) is 10.5. The van der Waals surface area contributed by atoms with E-state index in [0.717, 1.165) is 15.4 Å². The fourth-order valence-corrected chi connectivity index (χ4v) is 4.99. The Kier molecular flexibility index (Phi) is 5.82. The summed E-state index contributed by atoms with van der Waals surface area (Å²) in [5, 5.41) is 0.638. The van der Waals surface area contributed by atoms with Crippen molar-refractivity contribution in [3.05, 3.63) is 84.2 Å². The van der Waals surface area contributed by atoms with Gasteiger partial charge in [-0.1, -0.05) is 12.1 Å². The van der Waals surface area contributed by atoms with Crippen LogP contribution in [0.15, 0.2) is 60.1 Å². The van der Waals surface area contributed by atoms with Crippen LogP contribution in [0.2, 0.25) is 0 Å². The van der Waals surface area contributed by atoms with Crippen LogP contribution in [0.25, 0.3) is 22.0 Å². The Morgan fingerprint density at radius 2 is 1.59 bits per heavy atom. The van der Waals surface area contributed by atoms with Crippen LogP contribution in [0.4, 0.5) is 0 Å². The highest BCUT2D eigenvalue weighted by Gasteiger charge is 2.21. The summed E-state index contributed by atoms with van der Waals surface area (Å²) in [6.07, 6.45) is 0. The van der Waals surface area contributed by atoms with Crippen LogP contribution in [-0.2, 0) is 23.1 Å². The predicted octanol–water partition coefficient (Wildman–Crippen LogP) is 2.20. The van der Waals surface area contributed by atoms with Crippen LogP contribution in [0.5, 0.6) is 0 Å². The van der Waals surface area contributed by atoms with Gasteiger partial charge in [-0.15, -0.1) is 0 Å². The molecule has 9 nitrogen and oxygen atoms in total. The summed E-state index contributed by atoms with van der Waals surface area (Å²) in [7, 11) is -0.955. The summed E-state index contributed by atoms with van der Waals surface area (Å²) < 4.78 is 34.6. The molecule has 0 bridgehead atoms. The normalized spacial score (nSPS) is 12.2. The van der Waals surface area contributed by atoms with Gasteiger partial charge in [-0.05, 0) is 55.7 Å². The minimum absolute atomic E-state index is 0.0108. The van der Waals surface area contributed by atoms with E-state index in [1.807, 2.05) is 19.9 Å². The maximum Gasteiger partial charge on any atom is 0.336 e. The van der Waals surface area contributed by atoms with Crippen molar-refractivity contribution in [2.75, 3.05) is 14.1 Å². The highest BCUT2D eigenvalue weighted by Crippen LogP contribution is 2.25. The molecule has 0 N–H and O–H groups in total. The maximum atomic E-state index is 13.2. The van der Waals surface area contributed by atoms with Crippen molar-refractivity contribution in [1.29, 1.82) is 0 Å². The zero-order valence-corrected chi connectivity index (χ0v) is 20.4. The molecule has 178 valence electrons. The molecule has 0 spiro atoms. The summed E-state index contributed by atoms with van der Waals surface area (Å²) in [4.78, 5) is 38.4. The fourth-order valence-electron chi connectivity index (χ4n) is 4.07. The average molecular weight is 484 g/mol. The van der Waals surface area contributed by atoms with Gasteiger partial charge in [0, 0.05) is 32.1 Å². The second kappa shape index (κ2) is 8.37. The molecule has 0 amide bonds. The SMILES string of the molecule is CCn1c(=O)c(=O)n(Cc2cc(=O)oc3c(C)c(C)ccc23)c2cc(S(=O)(=O)N(C)C)ccc21.